The molecule has 4 aromatic rings. The summed E-state index contributed by atoms with van der Waals surface area (Å²) in [4.78, 5) is 24.7. The van der Waals surface area contributed by atoms with Crippen molar-refractivity contribution in [2.45, 2.75) is 31.8 Å². The van der Waals surface area contributed by atoms with E-state index >= 15 is 0 Å². The highest BCUT2D eigenvalue weighted by molar-refractivity contribution is 7.89. The van der Waals surface area contributed by atoms with Crippen molar-refractivity contribution in [2.24, 2.45) is 5.10 Å². The Morgan fingerprint density at radius 3 is 2.38 bits per heavy atom. The second-order valence-electron chi connectivity index (χ2n) is 9.10. The van der Waals surface area contributed by atoms with Crippen LogP contribution in [0, 0.1) is 6.92 Å². The lowest BCUT2D eigenvalue weighted by Gasteiger charge is -2.21. The van der Waals surface area contributed by atoms with Crippen molar-refractivity contribution in [1.29, 1.82) is 0 Å². The predicted molar refractivity (Wildman–Crippen MR) is 160 cm³/mol. The predicted octanol–water partition coefficient (Wildman–Crippen LogP) is 5.12. The van der Waals surface area contributed by atoms with Gasteiger partial charge in [0.05, 0.1) is 29.9 Å². The topological polar surface area (TPSA) is 130 Å². The summed E-state index contributed by atoms with van der Waals surface area (Å²) in [6, 6.07) is 23.4. The lowest BCUT2D eigenvalue weighted by molar-refractivity contribution is -0.136. The minimum absolute atomic E-state index is 0.0688. The van der Waals surface area contributed by atoms with Gasteiger partial charge in [-0.25, -0.2) is 13.8 Å². The first-order valence-corrected chi connectivity index (χ1v) is 14.7. The molecule has 0 radical (unpaired) electrons. The summed E-state index contributed by atoms with van der Waals surface area (Å²) in [5, 5.41) is 6.80. The van der Waals surface area contributed by atoms with Gasteiger partial charge in [0.2, 0.25) is 10.0 Å². The number of rotatable bonds is 11. The van der Waals surface area contributed by atoms with E-state index in [1.807, 2.05) is 6.92 Å². The molecule has 0 saturated carbocycles. The molecule has 2 amide bonds. The van der Waals surface area contributed by atoms with Gasteiger partial charge >= 0.3 is 11.8 Å². The van der Waals surface area contributed by atoms with E-state index in [0.29, 0.717) is 28.8 Å². The van der Waals surface area contributed by atoms with Gasteiger partial charge in [0, 0.05) is 11.6 Å². The zero-order valence-electron chi connectivity index (χ0n) is 22.9. The van der Waals surface area contributed by atoms with E-state index in [1.54, 1.807) is 91.9 Å². The van der Waals surface area contributed by atoms with Crippen molar-refractivity contribution in [3.05, 3.63) is 113 Å². The van der Waals surface area contributed by atoms with Crippen LogP contribution in [0.2, 0.25) is 5.02 Å². The van der Waals surface area contributed by atoms with E-state index in [9.17, 15) is 18.0 Å². The number of ether oxygens (including phenoxy) is 1. The van der Waals surface area contributed by atoms with Crippen LogP contribution in [0.5, 0.6) is 5.75 Å². The molecule has 10 nitrogen and oxygen atoms in total. The quantitative estimate of drug-likeness (QED) is 0.138. The Kier molecular flexibility index (Phi) is 10.1. The first kappa shape index (κ1) is 30.5. The van der Waals surface area contributed by atoms with Crippen molar-refractivity contribution >= 4 is 45.3 Å². The Balaban J connectivity index is 1.43. The van der Waals surface area contributed by atoms with Crippen LogP contribution in [0.4, 0.5) is 5.69 Å². The van der Waals surface area contributed by atoms with E-state index < -0.39 is 21.8 Å². The smallest absolute Gasteiger partial charge is 0.329 e. The van der Waals surface area contributed by atoms with E-state index in [4.69, 9.17) is 20.8 Å². The zero-order valence-corrected chi connectivity index (χ0v) is 24.5. The minimum atomic E-state index is -3.89. The number of benzene rings is 3. The standard InChI is InChI=1S/C30H29ClN4O6S/c1-3-40-28-7-5-4-6-27(28)33-29(36)30(37)34-32-18-24-14-15-25(41-24)20-35(19-22-10-12-23(31)13-11-22)42(38,39)26-16-8-21(2)9-17-26/h4-18H,3,19-20H2,1-2H3,(H,33,36)(H,34,37)/b32-18+. The van der Waals surface area contributed by atoms with E-state index in [1.165, 1.54) is 10.5 Å². The number of hydrogen-bond acceptors (Lipinski definition) is 7. The molecule has 0 spiro atoms. The van der Waals surface area contributed by atoms with Gasteiger partial charge in [-0.2, -0.15) is 9.41 Å². The van der Waals surface area contributed by atoms with Crippen LogP contribution >= 0.6 is 11.6 Å². The highest BCUT2D eigenvalue weighted by atomic mass is 35.5. The van der Waals surface area contributed by atoms with Crippen LogP contribution in [0.25, 0.3) is 0 Å². The molecule has 218 valence electrons. The normalized spacial score (nSPS) is 11.5. The maximum atomic E-state index is 13.6. The fourth-order valence-corrected chi connectivity index (χ4v) is 5.36. The molecule has 0 unspecified atom stereocenters. The third-order valence-electron chi connectivity index (χ3n) is 5.94. The lowest BCUT2D eigenvalue weighted by Crippen LogP contribution is -2.32. The molecule has 0 fully saturated rings. The van der Waals surface area contributed by atoms with Crippen molar-refractivity contribution in [2.75, 3.05) is 11.9 Å². The molecular formula is C30H29ClN4O6S. The molecule has 0 aliphatic rings. The lowest BCUT2D eigenvalue weighted by atomic mass is 10.2. The molecule has 0 bridgehead atoms. The number of furan rings is 1. The third kappa shape index (κ3) is 8.06. The molecule has 0 aliphatic heterocycles. The van der Waals surface area contributed by atoms with Crippen molar-refractivity contribution in [3.63, 3.8) is 0 Å². The summed E-state index contributed by atoms with van der Waals surface area (Å²) in [5.41, 5.74) is 4.17. The van der Waals surface area contributed by atoms with Gasteiger partial charge in [0.25, 0.3) is 0 Å². The second kappa shape index (κ2) is 13.9. The average Bonchev–Trinajstić information content (AvgIpc) is 3.42. The summed E-state index contributed by atoms with van der Waals surface area (Å²) >= 11 is 6.00. The molecule has 1 heterocycles. The summed E-state index contributed by atoms with van der Waals surface area (Å²) in [6.07, 6.45) is 1.21. The molecule has 42 heavy (non-hydrogen) atoms. The number of carbonyl (C=O) groups is 2. The van der Waals surface area contributed by atoms with Crippen molar-refractivity contribution in [1.82, 2.24) is 9.73 Å². The number of sulfonamides is 1. The number of hydrazone groups is 1. The maximum Gasteiger partial charge on any atom is 0.329 e. The van der Waals surface area contributed by atoms with Gasteiger partial charge in [-0.1, -0.05) is 53.6 Å². The first-order chi connectivity index (χ1) is 20.2. The number of aryl methyl sites for hydroxylation is 1. The molecule has 0 atom stereocenters. The third-order valence-corrected chi connectivity index (χ3v) is 8.00. The number of nitrogens with zero attached hydrogens (tertiary/aromatic N) is 2. The van der Waals surface area contributed by atoms with Crippen molar-refractivity contribution < 1.29 is 27.2 Å². The Hall–Kier alpha value is -4.45. The summed E-state index contributed by atoms with van der Waals surface area (Å²) in [7, 11) is -3.89. The van der Waals surface area contributed by atoms with Crippen molar-refractivity contribution in [3.8, 4) is 5.75 Å². The molecule has 0 aliphatic carbocycles. The number of amides is 2. The number of hydrogen-bond donors (Lipinski definition) is 2. The van der Waals surface area contributed by atoms with Crippen LogP contribution in [0.3, 0.4) is 0 Å². The van der Waals surface area contributed by atoms with Gasteiger partial charge in [-0.05, 0) is 67.9 Å². The fraction of sp³-hybridized carbons (Fsp3) is 0.167. The SMILES string of the molecule is CCOc1ccccc1NC(=O)C(=O)N/N=C/c1ccc(CN(Cc2ccc(Cl)cc2)S(=O)(=O)c2ccc(C)cc2)o1. The Morgan fingerprint density at radius 2 is 1.67 bits per heavy atom. The number of nitrogens with one attached hydrogen (secondary N) is 2. The maximum absolute atomic E-state index is 13.6. The monoisotopic (exact) mass is 608 g/mol. The van der Waals surface area contributed by atoms with Crippen LogP contribution in [0.15, 0.2) is 99.3 Å². The highest BCUT2D eigenvalue weighted by Gasteiger charge is 2.26. The molecule has 0 saturated heterocycles. The Bertz CT molecular complexity index is 1670. The molecular weight excluding hydrogens is 580 g/mol. The number of para-hydroxylation sites is 2. The zero-order chi connectivity index (χ0) is 30.1. The summed E-state index contributed by atoms with van der Waals surface area (Å²) < 4.78 is 39.6. The number of anilines is 1. The summed E-state index contributed by atoms with van der Waals surface area (Å²) in [5.74, 6) is -0.909. The molecule has 12 heteroatoms. The highest BCUT2D eigenvalue weighted by Crippen LogP contribution is 2.24. The van der Waals surface area contributed by atoms with Gasteiger partial charge < -0.3 is 14.5 Å². The fourth-order valence-electron chi connectivity index (χ4n) is 3.84. The minimum Gasteiger partial charge on any atom is -0.492 e. The number of carbonyl (C=O) groups excluding carboxylic acids is 2. The van der Waals surface area contributed by atoms with Gasteiger partial charge in [0.1, 0.15) is 17.3 Å². The number of halogens is 1. The molecule has 2 N–H and O–H groups in total. The van der Waals surface area contributed by atoms with Crippen LogP contribution in [-0.4, -0.2) is 37.4 Å². The molecule has 4 rings (SSSR count). The van der Waals surface area contributed by atoms with Gasteiger partial charge in [-0.3, -0.25) is 9.59 Å². The Morgan fingerprint density at radius 1 is 0.952 bits per heavy atom. The second-order valence-corrected chi connectivity index (χ2v) is 11.5. The van der Waals surface area contributed by atoms with Gasteiger partial charge in [-0.15, -0.1) is 0 Å². The summed E-state index contributed by atoms with van der Waals surface area (Å²) in [6.45, 7) is 4.09. The molecule has 1 aromatic heterocycles. The van der Waals surface area contributed by atoms with Crippen LogP contribution in [0.1, 0.15) is 29.6 Å². The van der Waals surface area contributed by atoms with Crippen LogP contribution < -0.4 is 15.5 Å². The van der Waals surface area contributed by atoms with E-state index in [2.05, 4.69) is 15.8 Å². The van der Waals surface area contributed by atoms with Gasteiger partial charge in [0.15, 0.2) is 0 Å². The average molecular weight is 609 g/mol. The first-order valence-electron chi connectivity index (χ1n) is 12.9. The largest absolute Gasteiger partial charge is 0.492 e. The van der Waals surface area contributed by atoms with E-state index in [0.717, 1.165) is 11.1 Å². The van der Waals surface area contributed by atoms with Crippen LogP contribution in [-0.2, 0) is 32.7 Å². The molecule has 3 aromatic carbocycles. The van der Waals surface area contributed by atoms with E-state index in [-0.39, 0.29) is 23.7 Å². The Labute approximate surface area is 249 Å².